The molecule has 4 heterocycles. The second kappa shape index (κ2) is 19.3. The smallest absolute Gasteiger partial charge is 0.387 e. The van der Waals surface area contributed by atoms with Crippen molar-refractivity contribution in [1.29, 1.82) is 0 Å². The molecule has 4 fully saturated rings. The third-order valence-corrected chi connectivity index (χ3v) is 11.4. The minimum atomic E-state index is -3.12. The van der Waals surface area contributed by atoms with Crippen molar-refractivity contribution in [3.05, 3.63) is 117 Å². The number of anilines is 1. The van der Waals surface area contributed by atoms with Crippen molar-refractivity contribution in [3.63, 3.8) is 0 Å². The van der Waals surface area contributed by atoms with E-state index in [2.05, 4.69) is 15.0 Å². The lowest BCUT2D eigenvalue weighted by Crippen LogP contribution is -2.52. The fourth-order valence-electron chi connectivity index (χ4n) is 7.40. The Bertz CT molecular complexity index is 2160. The Morgan fingerprint density at radius 1 is 0.933 bits per heavy atom. The molecule has 3 saturated heterocycles. The Kier molecular flexibility index (Phi) is 13.8. The Morgan fingerprint density at radius 3 is 2.37 bits per heavy atom. The van der Waals surface area contributed by atoms with Crippen LogP contribution in [-0.4, -0.2) is 75.5 Å². The van der Waals surface area contributed by atoms with Crippen molar-refractivity contribution in [3.8, 4) is 17.2 Å². The number of aromatic nitrogens is 1. The zero-order valence-electron chi connectivity index (χ0n) is 32.5. The number of pyridine rings is 1. The number of benzene rings is 3. The number of nitrogens with one attached hydrogen (secondary N) is 1. The van der Waals surface area contributed by atoms with Gasteiger partial charge in [-0.25, -0.2) is 14.4 Å². The van der Waals surface area contributed by atoms with Gasteiger partial charge in [0.25, 0.3) is 0 Å². The number of halogens is 4. The molecule has 2 bridgehead atoms. The van der Waals surface area contributed by atoms with Gasteiger partial charge in [0.15, 0.2) is 36.5 Å². The van der Waals surface area contributed by atoms with E-state index in [1.807, 2.05) is 0 Å². The molecule has 13 nitrogen and oxygen atoms in total. The van der Waals surface area contributed by atoms with Gasteiger partial charge in [-0.05, 0) is 92.6 Å². The minimum absolute atomic E-state index is 0.00327. The van der Waals surface area contributed by atoms with Crippen LogP contribution in [0.15, 0.2) is 79.1 Å². The molecule has 0 amide bonds. The zero-order chi connectivity index (χ0) is 42.3. The molecule has 3 atom stereocenters. The molecule has 3 aromatic carbocycles. The fourth-order valence-corrected chi connectivity index (χ4v) is 7.99. The summed E-state index contributed by atoms with van der Waals surface area (Å²) < 4.78 is 60.3. The molecule has 4 aliphatic rings. The SMILES string of the molecule is COc1ccccc1C(Nc1cccc(C(=O)OCC(=O)O[C@@H](Cc2c(Cl)c[n+]([O-])cc2Cl)c2ccc(OC(F)F)c(OCC3CC3)c2)c1)C(=O)O[C@H]1CN2CCC1CC2. The molecule has 1 unspecified atom stereocenters. The van der Waals surface area contributed by atoms with Crippen molar-refractivity contribution in [2.75, 3.05) is 45.3 Å². The number of nitrogens with zero attached hydrogens (tertiary/aromatic N) is 2. The van der Waals surface area contributed by atoms with E-state index < -0.39 is 43.3 Å². The molecule has 0 spiro atoms. The van der Waals surface area contributed by atoms with Crippen molar-refractivity contribution >= 4 is 46.8 Å². The second-order valence-electron chi connectivity index (χ2n) is 14.9. The normalized spacial score (nSPS) is 19.2. The van der Waals surface area contributed by atoms with Gasteiger partial charge in [-0.15, -0.1) is 0 Å². The lowest BCUT2D eigenvalue weighted by atomic mass is 9.86. The summed E-state index contributed by atoms with van der Waals surface area (Å²) in [6.07, 6.45) is 4.39. The number of carbonyl (C=O) groups excluding carboxylic acids is 3. The third-order valence-electron chi connectivity index (χ3n) is 10.7. The summed E-state index contributed by atoms with van der Waals surface area (Å²) in [4.78, 5) is 42.9. The predicted molar refractivity (Wildman–Crippen MR) is 214 cm³/mol. The zero-order valence-corrected chi connectivity index (χ0v) is 34.0. The number of hydrogen-bond donors (Lipinski definition) is 1. The van der Waals surface area contributed by atoms with Crippen LogP contribution in [0.5, 0.6) is 17.2 Å². The Labute approximate surface area is 354 Å². The monoisotopic (exact) mass is 869 g/mol. The Hall–Kier alpha value is -5.38. The molecule has 318 valence electrons. The number of fused-ring (bicyclic) bond motifs is 3. The van der Waals surface area contributed by atoms with Crippen molar-refractivity contribution in [1.82, 2.24) is 4.90 Å². The number of hydrogen-bond acceptors (Lipinski definition) is 12. The van der Waals surface area contributed by atoms with E-state index in [4.69, 9.17) is 46.9 Å². The fraction of sp³-hybridized carbons (Fsp3) is 0.395. The predicted octanol–water partition coefficient (Wildman–Crippen LogP) is 7.50. The molecule has 1 aromatic heterocycles. The molecule has 1 aliphatic carbocycles. The minimum Gasteiger partial charge on any atom is -0.619 e. The van der Waals surface area contributed by atoms with Crippen molar-refractivity contribution in [2.24, 2.45) is 11.8 Å². The van der Waals surface area contributed by atoms with Crippen LogP contribution in [-0.2, 0) is 30.2 Å². The molecule has 4 aromatic rings. The lowest BCUT2D eigenvalue weighted by molar-refractivity contribution is -0.605. The first-order valence-corrected chi connectivity index (χ1v) is 20.3. The maximum Gasteiger partial charge on any atom is 0.387 e. The van der Waals surface area contributed by atoms with Crippen LogP contribution in [0.2, 0.25) is 10.0 Å². The van der Waals surface area contributed by atoms with Gasteiger partial charge in [0.1, 0.15) is 28.0 Å². The summed E-state index contributed by atoms with van der Waals surface area (Å²) >= 11 is 12.7. The molecule has 0 radical (unpaired) electrons. The number of methoxy groups -OCH3 is 1. The van der Waals surface area contributed by atoms with E-state index in [1.165, 1.54) is 37.4 Å². The van der Waals surface area contributed by atoms with Gasteiger partial charge in [0.2, 0.25) is 0 Å². The largest absolute Gasteiger partial charge is 0.619 e. The molecule has 1 N–H and O–H groups in total. The van der Waals surface area contributed by atoms with Gasteiger partial charge in [-0.1, -0.05) is 53.5 Å². The number of carbonyl (C=O) groups is 3. The summed E-state index contributed by atoms with van der Waals surface area (Å²) in [5.74, 6) is -1.51. The maximum atomic E-state index is 13.9. The average Bonchev–Trinajstić information content (AvgIpc) is 4.07. The van der Waals surface area contributed by atoms with Gasteiger partial charge in [-0.3, -0.25) is 4.90 Å². The highest BCUT2D eigenvalue weighted by molar-refractivity contribution is 6.35. The summed E-state index contributed by atoms with van der Waals surface area (Å²) in [6, 6.07) is 16.4. The summed E-state index contributed by atoms with van der Waals surface area (Å²) in [5.41, 5.74) is 1.55. The van der Waals surface area contributed by atoms with E-state index in [0.717, 1.165) is 51.2 Å². The molecule has 1 saturated carbocycles. The number of para-hydroxylation sites is 1. The summed E-state index contributed by atoms with van der Waals surface area (Å²) in [5, 5.41) is 15.1. The Balaban J connectivity index is 1.06. The van der Waals surface area contributed by atoms with Gasteiger partial charge in [0.05, 0.1) is 19.3 Å². The lowest BCUT2D eigenvalue weighted by Gasteiger charge is -2.44. The molecular formula is C43H43Cl2F2N3O10. The number of esters is 3. The van der Waals surface area contributed by atoms with E-state index in [-0.39, 0.29) is 63.6 Å². The molecule has 3 aliphatic heterocycles. The quantitative estimate of drug-likeness (QED) is 0.0457. The number of ether oxygens (including phenoxy) is 6. The first kappa shape index (κ1) is 42.7. The third kappa shape index (κ3) is 10.9. The van der Waals surface area contributed by atoms with Crippen LogP contribution in [0.4, 0.5) is 14.5 Å². The van der Waals surface area contributed by atoms with E-state index >= 15 is 0 Å². The van der Waals surface area contributed by atoms with Crippen molar-refractivity contribution in [2.45, 2.75) is 57.0 Å². The highest BCUT2D eigenvalue weighted by Crippen LogP contribution is 2.38. The molecule has 17 heteroatoms. The highest BCUT2D eigenvalue weighted by atomic mass is 35.5. The van der Waals surface area contributed by atoms with Crippen LogP contribution in [0.3, 0.4) is 0 Å². The second-order valence-corrected chi connectivity index (χ2v) is 15.7. The van der Waals surface area contributed by atoms with Gasteiger partial charge >= 0.3 is 24.5 Å². The average molecular weight is 871 g/mol. The highest BCUT2D eigenvalue weighted by Gasteiger charge is 2.38. The van der Waals surface area contributed by atoms with Crippen molar-refractivity contribution < 1.29 is 56.3 Å². The van der Waals surface area contributed by atoms with E-state index in [9.17, 15) is 28.4 Å². The van der Waals surface area contributed by atoms with Gasteiger partial charge in [-0.2, -0.15) is 13.5 Å². The maximum absolute atomic E-state index is 13.9. The van der Waals surface area contributed by atoms with Gasteiger partial charge in [0, 0.05) is 29.8 Å². The molecule has 8 rings (SSSR count). The number of alkyl halides is 2. The standard InChI is InChI=1S/C43H43Cl2F2N3O10/c1-55-34-8-3-2-7-30(34)40(42(53)59-38-22-49-15-13-26(38)14-16-49)48-29-6-4-5-28(17-29)41(52)57-24-39(51)58-36(19-31-32(44)20-50(54)21-33(31)45)27-11-12-35(60-43(46)47)37(18-27)56-23-25-9-10-25/h2-8,11-12,17-18,20-21,25-26,36,38,40,43,48H,9-10,13-16,19,22-24H2,1H3/t36-,38-,40?/m0/s1. The summed E-state index contributed by atoms with van der Waals surface area (Å²) in [7, 11) is 1.51. The Morgan fingerprint density at radius 2 is 1.68 bits per heavy atom. The van der Waals surface area contributed by atoms with Crippen LogP contribution < -0.4 is 24.3 Å². The van der Waals surface area contributed by atoms with Gasteiger partial charge < -0.3 is 38.9 Å². The summed E-state index contributed by atoms with van der Waals surface area (Å²) in [6.45, 7) is -1.03. The van der Waals surface area contributed by atoms with Crippen LogP contribution in [0, 0.1) is 17.0 Å². The van der Waals surface area contributed by atoms with Crippen LogP contribution in [0.25, 0.3) is 0 Å². The van der Waals surface area contributed by atoms with Crippen LogP contribution in [0.1, 0.15) is 64.9 Å². The molecular weight excluding hydrogens is 827 g/mol. The first-order valence-electron chi connectivity index (χ1n) is 19.5. The van der Waals surface area contributed by atoms with E-state index in [1.54, 1.807) is 36.4 Å². The van der Waals surface area contributed by atoms with E-state index in [0.29, 0.717) is 33.8 Å². The number of rotatable bonds is 18. The number of piperidine rings is 3. The first-order chi connectivity index (χ1) is 28.9. The topological polar surface area (TPSA) is 149 Å². The molecule has 60 heavy (non-hydrogen) atoms. The van der Waals surface area contributed by atoms with Crippen LogP contribution >= 0.6 is 23.2 Å².